The SMILES string of the molecule is Cc1cc(O)c(O)cc1CC=Cc1ccccc1. The largest absolute Gasteiger partial charge is 0.504 e. The fourth-order valence-electron chi connectivity index (χ4n) is 1.83. The van der Waals surface area contributed by atoms with E-state index in [0.29, 0.717) is 0 Å². The average Bonchev–Trinajstić information content (AvgIpc) is 2.37. The van der Waals surface area contributed by atoms with Crippen LogP contribution in [0, 0.1) is 6.92 Å². The molecule has 2 heteroatoms. The van der Waals surface area contributed by atoms with Crippen LogP contribution in [0.3, 0.4) is 0 Å². The van der Waals surface area contributed by atoms with Gasteiger partial charge in [0.1, 0.15) is 0 Å². The van der Waals surface area contributed by atoms with E-state index in [1.807, 2.05) is 49.4 Å². The second-order valence-electron chi connectivity index (χ2n) is 4.28. The van der Waals surface area contributed by atoms with Gasteiger partial charge in [-0.05, 0) is 42.2 Å². The van der Waals surface area contributed by atoms with Crippen LogP contribution >= 0.6 is 0 Å². The number of rotatable bonds is 3. The van der Waals surface area contributed by atoms with Crippen molar-refractivity contribution in [1.82, 2.24) is 0 Å². The molecule has 2 N–H and O–H groups in total. The number of hydrogen-bond donors (Lipinski definition) is 2. The third kappa shape index (κ3) is 2.92. The van der Waals surface area contributed by atoms with Crippen LogP contribution in [0.25, 0.3) is 6.08 Å². The lowest BCUT2D eigenvalue weighted by Gasteiger charge is -2.05. The molecule has 0 saturated carbocycles. The van der Waals surface area contributed by atoms with Crippen molar-refractivity contribution >= 4 is 6.08 Å². The Morgan fingerprint density at radius 1 is 1.00 bits per heavy atom. The van der Waals surface area contributed by atoms with Gasteiger partial charge in [-0.25, -0.2) is 0 Å². The first-order valence-corrected chi connectivity index (χ1v) is 5.90. The van der Waals surface area contributed by atoms with Crippen LogP contribution in [-0.4, -0.2) is 10.2 Å². The van der Waals surface area contributed by atoms with Gasteiger partial charge in [0.2, 0.25) is 0 Å². The molecule has 0 aliphatic heterocycles. The van der Waals surface area contributed by atoms with Gasteiger partial charge in [0, 0.05) is 0 Å². The van der Waals surface area contributed by atoms with E-state index in [2.05, 4.69) is 0 Å². The number of benzene rings is 2. The molecule has 2 aromatic carbocycles. The highest BCUT2D eigenvalue weighted by Crippen LogP contribution is 2.28. The standard InChI is InChI=1S/C16H16O2/c1-12-10-15(17)16(18)11-14(12)9-5-8-13-6-3-2-4-7-13/h2-8,10-11,17-18H,9H2,1H3. The zero-order valence-corrected chi connectivity index (χ0v) is 10.3. The minimum atomic E-state index is -0.0664. The molecule has 0 amide bonds. The summed E-state index contributed by atoms with van der Waals surface area (Å²) in [5.41, 5.74) is 3.14. The van der Waals surface area contributed by atoms with Crippen LogP contribution in [0.2, 0.25) is 0 Å². The molecule has 0 saturated heterocycles. The number of allylic oxidation sites excluding steroid dienone is 1. The van der Waals surface area contributed by atoms with Crippen molar-refractivity contribution in [2.75, 3.05) is 0 Å². The van der Waals surface area contributed by atoms with E-state index in [4.69, 9.17) is 0 Å². The van der Waals surface area contributed by atoms with E-state index in [1.54, 1.807) is 12.1 Å². The Bertz CT molecular complexity index is 557. The summed E-state index contributed by atoms with van der Waals surface area (Å²) in [5.74, 6) is -0.132. The van der Waals surface area contributed by atoms with Crippen molar-refractivity contribution in [3.05, 3.63) is 65.2 Å². The number of aryl methyl sites for hydroxylation is 1. The van der Waals surface area contributed by atoms with Crippen LogP contribution in [0.5, 0.6) is 11.5 Å². The van der Waals surface area contributed by atoms with Crippen molar-refractivity contribution in [1.29, 1.82) is 0 Å². The molecular weight excluding hydrogens is 224 g/mol. The molecule has 0 aliphatic rings. The quantitative estimate of drug-likeness (QED) is 0.804. The summed E-state index contributed by atoms with van der Waals surface area (Å²) >= 11 is 0. The summed E-state index contributed by atoms with van der Waals surface area (Å²) in [4.78, 5) is 0. The Kier molecular flexibility index (Phi) is 3.68. The summed E-state index contributed by atoms with van der Waals surface area (Å²) in [7, 11) is 0. The molecular formula is C16H16O2. The van der Waals surface area contributed by atoms with Crippen molar-refractivity contribution in [2.45, 2.75) is 13.3 Å². The summed E-state index contributed by atoms with van der Waals surface area (Å²) in [6.07, 6.45) is 4.83. The highest BCUT2D eigenvalue weighted by molar-refractivity contribution is 5.51. The lowest BCUT2D eigenvalue weighted by atomic mass is 10.0. The van der Waals surface area contributed by atoms with E-state index in [0.717, 1.165) is 23.1 Å². The normalized spacial score (nSPS) is 10.9. The molecule has 0 radical (unpaired) electrons. The molecule has 0 heterocycles. The first-order valence-electron chi connectivity index (χ1n) is 5.90. The van der Waals surface area contributed by atoms with E-state index < -0.39 is 0 Å². The number of phenolic OH excluding ortho intramolecular Hbond substituents is 2. The van der Waals surface area contributed by atoms with Crippen LogP contribution in [0.4, 0.5) is 0 Å². The predicted octanol–water partition coefficient (Wildman–Crippen LogP) is 3.66. The summed E-state index contributed by atoms with van der Waals surface area (Å²) in [6, 6.07) is 13.3. The van der Waals surface area contributed by atoms with Crippen LogP contribution < -0.4 is 0 Å². The molecule has 0 aliphatic carbocycles. The number of aromatic hydroxyl groups is 2. The third-order valence-corrected chi connectivity index (χ3v) is 2.88. The molecule has 92 valence electrons. The highest BCUT2D eigenvalue weighted by atomic mass is 16.3. The molecule has 0 unspecified atom stereocenters. The minimum Gasteiger partial charge on any atom is -0.504 e. The van der Waals surface area contributed by atoms with Crippen molar-refractivity contribution in [3.63, 3.8) is 0 Å². The van der Waals surface area contributed by atoms with Gasteiger partial charge >= 0.3 is 0 Å². The zero-order valence-electron chi connectivity index (χ0n) is 10.3. The molecule has 2 aromatic rings. The van der Waals surface area contributed by atoms with E-state index in [9.17, 15) is 10.2 Å². The Morgan fingerprint density at radius 2 is 1.67 bits per heavy atom. The summed E-state index contributed by atoms with van der Waals surface area (Å²) in [5, 5.41) is 18.8. The Morgan fingerprint density at radius 3 is 2.39 bits per heavy atom. The van der Waals surface area contributed by atoms with Gasteiger partial charge in [-0.1, -0.05) is 42.5 Å². The molecule has 0 aromatic heterocycles. The second-order valence-corrected chi connectivity index (χ2v) is 4.28. The molecule has 0 fully saturated rings. The van der Waals surface area contributed by atoms with E-state index in [-0.39, 0.29) is 11.5 Å². The molecule has 2 rings (SSSR count). The molecule has 0 spiro atoms. The van der Waals surface area contributed by atoms with Gasteiger partial charge in [0.25, 0.3) is 0 Å². The summed E-state index contributed by atoms with van der Waals surface area (Å²) < 4.78 is 0. The maximum absolute atomic E-state index is 9.47. The maximum atomic E-state index is 9.47. The highest BCUT2D eigenvalue weighted by Gasteiger charge is 2.03. The monoisotopic (exact) mass is 240 g/mol. The summed E-state index contributed by atoms with van der Waals surface area (Å²) in [6.45, 7) is 1.92. The fourth-order valence-corrected chi connectivity index (χ4v) is 1.83. The molecule has 18 heavy (non-hydrogen) atoms. The Balaban J connectivity index is 2.11. The van der Waals surface area contributed by atoms with Gasteiger partial charge < -0.3 is 10.2 Å². The second kappa shape index (κ2) is 5.41. The third-order valence-electron chi connectivity index (χ3n) is 2.88. The predicted molar refractivity (Wildman–Crippen MR) is 73.7 cm³/mol. The first kappa shape index (κ1) is 12.2. The minimum absolute atomic E-state index is 0.0660. The van der Waals surface area contributed by atoms with Gasteiger partial charge in [-0.2, -0.15) is 0 Å². The van der Waals surface area contributed by atoms with Crippen LogP contribution in [0.15, 0.2) is 48.5 Å². The van der Waals surface area contributed by atoms with Crippen LogP contribution in [0.1, 0.15) is 16.7 Å². The smallest absolute Gasteiger partial charge is 0.157 e. The Hall–Kier alpha value is -2.22. The van der Waals surface area contributed by atoms with Gasteiger partial charge in [-0.15, -0.1) is 0 Å². The van der Waals surface area contributed by atoms with Gasteiger partial charge in [-0.3, -0.25) is 0 Å². The number of hydrogen-bond acceptors (Lipinski definition) is 2. The average molecular weight is 240 g/mol. The molecule has 0 bridgehead atoms. The topological polar surface area (TPSA) is 40.5 Å². The number of phenols is 2. The van der Waals surface area contributed by atoms with Crippen molar-refractivity contribution < 1.29 is 10.2 Å². The Labute approximate surface area is 107 Å². The molecule has 0 atom stereocenters. The lowest BCUT2D eigenvalue weighted by molar-refractivity contribution is 0.403. The molecule has 2 nitrogen and oxygen atoms in total. The van der Waals surface area contributed by atoms with Crippen molar-refractivity contribution in [2.24, 2.45) is 0 Å². The van der Waals surface area contributed by atoms with Gasteiger partial charge in [0.15, 0.2) is 11.5 Å². The zero-order chi connectivity index (χ0) is 13.0. The van der Waals surface area contributed by atoms with Crippen LogP contribution in [-0.2, 0) is 6.42 Å². The van der Waals surface area contributed by atoms with Crippen molar-refractivity contribution in [3.8, 4) is 11.5 Å². The maximum Gasteiger partial charge on any atom is 0.157 e. The van der Waals surface area contributed by atoms with E-state index in [1.165, 1.54) is 0 Å². The fraction of sp³-hybridized carbons (Fsp3) is 0.125. The van der Waals surface area contributed by atoms with Gasteiger partial charge in [0.05, 0.1) is 0 Å². The first-order chi connectivity index (χ1) is 8.66. The lowest BCUT2D eigenvalue weighted by Crippen LogP contribution is -1.87. The van der Waals surface area contributed by atoms with E-state index >= 15 is 0 Å².